The van der Waals surface area contributed by atoms with Crippen LogP contribution in [0.2, 0.25) is 5.02 Å². The minimum Gasteiger partial charge on any atom is -0.484 e. The van der Waals surface area contributed by atoms with Crippen LogP contribution in [0.5, 0.6) is 5.75 Å². The van der Waals surface area contributed by atoms with Crippen molar-refractivity contribution in [1.29, 1.82) is 0 Å². The largest absolute Gasteiger partial charge is 0.484 e. The number of anilines is 2. The second-order valence-corrected chi connectivity index (χ2v) is 8.21. The van der Waals surface area contributed by atoms with Gasteiger partial charge in [0.05, 0.1) is 5.69 Å². The van der Waals surface area contributed by atoms with Gasteiger partial charge in [0, 0.05) is 10.7 Å². The van der Waals surface area contributed by atoms with Crippen molar-refractivity contribution in [1.82, 2.24) is 5.32 Å². The Morgan fingerprint density at radius 3 is 2.56 bits per heavy atom. The summed E-state index contributed by atoms with van der Waals surface area (Å²) in [5.74, 6) is -2.36. The molecule has 0 unspecified atom stereocenters. The maximum atomic E-state index is 13.3. The lowest BCUT2D eigenvalue weighted by Gasteiger charge is -2.26. The highest BCUT2D eigenvalue weighted by Crippen LogP contribution is 2.24. The number of imide groups is 2. The summed E-state index contributed by atoms with van der Waals surface area (Å²) in [6.07, 6.45) is 1.29. The van der Waals surface area contributed by atoms with Crippen LogP contribution in [0.25, 0.3) is 6.08 Å². The first kappa shape index (κ1) is 24.6. The van der Waals surface area contributed by atoms with Crippen LogP contribution in [0, 0.1) is 12.7 Å². The number of amides is 5. The number of urea groups is 1. The van der Waals surface area contributed by atoms with Crippen LogP contribution in [-0.2, 0) is 14.4 Å². The van der Waals surface area contributed by atoms with Crippen molar-refractivity contribution in [2.45, 2.75) is 6.92 Å². The lowest BCUT2D eigenvalue weighted by atomic mass is 10.1. The van der Waals surface area contributed by atoms with E-state index in [0.717, 1.165) is 22.6 Å². The number of hydrogen-bond acceptors (Lipinski definition) is 5. The third kappa shape index (κ3) is 5.59. The van der Waals surface area contributed by atoms with Crippen molar-refractivity contribution in [3.05, 3.63) is 94.3 Å². The molecule has 0 bridgehead atoms. The molecular weight excluding hydrogens is 489 g/mol. The zero-order chi connectivity index (χ0) is 25.8. The van der Waals surface area contributed by atoms with E-state index in [1.165, 1.54) is 24.3 Å². The van der Waals surface area contributed by atoms with Crippen LogP contribution in [0.1, 0.15) is 11.1 Å². The monoisotopic (exact) mass is 507 g/mol. The van der Waals surface area contributed by atoms with E-state index in [9.17, 15) is 23.6 Å². The number of carbonyl (C=O) groups excluding carboxylic acids is 4. The minimum absolute atomic E-state index is 0.107. The Morgan fingerprint density at radius 1 is 1.08 bits per heavy atom. The van der Waals surface area contributed by atoms with E-state index in [1.807, 2.05) is 6.92 Å². The van der Waals surface area contributed by atoms with Gasteiger partial charge in [0.25, 0.3) is 17.7 Å². The van der Waals surface area contributed by atoms with Crippen LogP contribution in [0.3, 0.4) is 0 Å². The van der Waals surface area contributed by atoms with Crippen molar-refractivity contribution in [2.75, 3.05) is 16.8 Å². The molecule has 10 heteroatoms. The Labute approximate surface area is 210 Å². The van der Waals surface area contributed by atoms with E-state index < -0.39 is 29.6 Å². The van der Waals surface area contributed by atoms with Gasteiger partial charge in [0.2, 0.25) is 0 Å². The molecule has 2 N–H and O–H groups in total. The van der Waals surface area contributed by atoms with Gasteiger partial charge in [-0.25, -0.2) is 14.1 Å². The van der Waals surface area contributed by atoms with Crippen molar-refractivity contribution < 1.29 is 28.3 Å². The van der Waals surface area contributed by atoms with Gasteiger partial charge in [-0.3, -0.25) is 19.7 Å². The van der Waals surface area contributed by atoms with Gasteiger partial charge in [0.15, 0.2) is 6.61 Å². The first-order valence-electron chi connectivity index (χ1n) is 10.7. The Bertz CT molecular complexity index is 1400. The van der Waals surface area contributed by atoms with E-state index in [-0.39, 0.29) is 17.9 Å². The van der Waals surface area contributed by atoms with Crippen molar-refractivity contribution in [2.24, 2.45) is 0 Å². The number of ether oxygens (including phenoxy) is 1. The van der Waals surface area contributed by atoms with E-state index in [4.69, 9.17) is 16.3 Å². The first-order valence-corrected chi connectivity index (χ1v) is 11.0. The SMILES string of the molecule is Cc1ccc(NC(=O)COc2cccc(/C=C3\C(=O)NC(=O)N(c4ccc(F)cc4)C3=O)c2)cc1Cl. The summed E-state index contributed by atoms with van der Waals surface area (Å²) in [7, 11) is 0. The molecule has 182 valence electrons. The predicted molar refractivity (Wildman–Crippen MR) is 132 cm³/mol. The molecule has 0 radical (unpaired) electrons. The fraction of sp³-hybridized carbons (Fsp3) is 0.0769. The highest BCUT2D eigenvalue weighted by atomic mass is 35.5. The summed E-state index contributed by atoms with van der Waals surface area (Å²) in [4.78, 5) is 50.6. The number of aryl methyl sites for hydroxylation is 1. The topological polar surface area (TPSA) is 105 Å². The summed E-state index contributed by atoms with van der Waals surface area (Å²) in [5.41, 5.74) is 1.64. The van der Waals surface area contributed by atoms with Crippen LogP contribution in [0.4, 0.5) is 20.6 Å². The first-order chi connectivity index (χ1) is 17.2. The molecule has 1 aliphatic heterocycles. The summed E-state index contributed by atoms with van der Waals surface area (Å²) in [6.45, 7) is 1.56. The molecule has 1 saturated heterocycles. The number of halogens is 2. The summed E-state index contributed by atoms with van der Waals surface area (Å²) in [6, 6.07) is 15.3. The quantitative estimate of drug-likeness (QED) is 0.378. The smallest absolute Gasteiger partial charge is 0.335 e. The Hall–Kier alpha value is -4.50. The molecule has 0 saturated carbocycles. The minimum atomic E-state index is -0.938. The highest BCUT2D eigenvalue weighted by Gasteiger charge is 2.36. The number of rotatable bonds is 6. The number of barbiturate groups is 1. The Morgan fingerprint density at radius 2 is 1.83 bits per heavy atom. The van der Waals surface area contributed by atoms with E-state index in [2.05, 4.69) is 10.6 Å². The van der Waals surface area contributed by atoms with Gasteiger partial charge < -0.3 is 10.1 Å². The molecule has 1 fully saturated rings. The molecule has 5 amide bonds. The van der Waals surface area contributed by atoms with Crippen LogP contribution >= 0.6 is 11.6 Å². The molecule has 1 heterocycles. The fourth-order valence-corrected chi connectivity index (χ4v) is 3.54. The molecule has 8 nitrogen and oxygen atoms in total. The number of nitrogens with zero attached hydrogens (tertiary/aromatic N) is 1. The number of hydrogen-bond donors (Lipinski definition) is 2. The third-order valence-electron chi connectivity index (χ3n) is 5.18. The zero-order valence-electron chi connectivity index (χ0n) is 18.9. The normalized spacial score (nSPS) is 14.6. The zero-order valence-corrected chi connectivity index (χ0v) is 19.6. The highest BCUT2D eigenvalue weighted by molar-refractivity contribution is 6.39. The van der Waals surface area contributed by atoms with E-state index >= 15 is 0 Å². The molecule has 0 spiro atoms. The standard InChI is InChI=1S/C26H19ClFN3O5/c1-15-5-8-18(13-22(15)27)29-23(32)14-36-20-4-2-3-16(11-20)12-21-24(33)30-26(35)31(25(21)34)19-9-6-17(28)7-10-19/h2-13H,14H2,1H3,(H,29,32)(H,30,33,35)/b21-12+. The third-order valence-corrected chi connectivity index (χ3v) is 5.59. The molecular formula is C26H19ClFN3O5. The van der Waals surface area contributed by atoms with Gasteiger partial charge >= 0.3 is 6.03 Å². The molecule has 0 aliphatic carbocycles. The molecule has 3 aromatic carbocycles. The van der Waals surface area contributed by atoms with Gasteiger partial charge in [0.1, 0.15) is 17.1 Å². The van der Waals surface area contributed by atoms with Crippen LogP contribution < -0.4 is 20.3 Å². The van der Waals surface area contributed by atoms with Crippen molar-refractivity contribution in [3.8, 4) is 5.75 Å². The number of benzene rings is 3. The predicted octanol–water partition coefficient (Wildman–Crippen LogP) is 4.47. The summed E-state index contributed by atoms with van der Waals surface area (Å²) in [5, 5.41) is 5.30. The number of nitrogens with one attached hydrogen (secondary N) is 2. The number of carbonyl (C=O) groups is 4. The lowest BCUT2D eigenvalue weighted by molar-refractivity contribution is -0.122. The maximum absolute atomic E-state index is 13.3. The van der Waals surface area contributed by atoms with Gasteiger partial charge in [-0.05, 0) is 72.7 Å². The molecule has 0 aromatic heterocycles. The molecule has 3 aromatic rings. The van der Waals surface area contributed by atoms with Gasteiger partial charge in [-0.1, -0.05) is 29.8 Å². The van der Waals surface area contributed by atoms with Crippen molar-refractivity contribution >= 4 is 52.8 Å². The van der Waals surface area contributed by atoms with Crippen LogP contribution in [0.15, 0.2) is 72.3 Å². The maximum Gasteiger partial charge on any atom is 0.335 e. The van der Waals surface area contributed by atoms with Crippen molar-refractivity contribution in [3.63, 3.8) is 0 Å². The lowest BCUT2D eigenvalue weighted by Crippen LogP contribution is -2.54. The molecule has 0 atom stereocenters. The second-order valence-electron chi connectivity index (χ2n) is 7.81. The average molecular weight is 508 g/mol. The van der Waals surface area contributed by atoms with E-state index in [1.54, 1.807) is 36.4 Å². The van der Waals surface area contributed by atoms with Gasteiger partial charge in [-0.2, -0.15) is 0 Å². The fourth-order valence-electron chi connectivity index (χ4n) is 3.36. The Balaban J connectivity index is 1.47. The van der Waals surface area contributed by atoms with Gasteiger partial charge in [-0.15, -0.1) is 0 Å². The average Bonchev–Trinajstić information content (AvgIpc) is 2.84. The summed E-state index contributed by atoms with van der Waals surface area (Å²) >= 11 is 6.07. The molecule has 36 heavy (non-hydrogen) atoms. The Kier molecular flexibility index (Phi) is 7.12. The van der Waals surface area contributed by atoms with Crippen LogP contribution in [-0.4, -0.2) is 30.4 Å². The molecule has 1 aliphatic rings. The summed E-state index contributed by atoms with van der Waals surface area (Å²) < 4.78 is 18.8. The van der Waals surface area contributed by atoms with E-state index in [0.29, 0.717) is 22.0 Å². The second kappa shape index (κ2) is 10.4. The molecule has 4 rings (SSSR count).